The average molecular weight is 343 g/mol. The van der Waals surface area contributed by atoms with E-state index in [9.17, 15) is 0 Å². The third-order valence-electron chi connectivity index (χ3n) is 5.08. The fraction of sp³-hybridized carbons (Fsp3) is 0.308. The van der Waals surface area contributed by atoms with Crippen LogP contribution >= 0.6 is 0 Å². The van der Waals surface area contributed by atoms with Crippen molar-refractivity contribution in [1.82, 2.24) is 0 Å². The third kappa shape index (κ3) is 5.33. The molecule has 0 atom stereocenters. The van der Waals surface area contributed by atoms with Crippen LogP contribution in [0.3, 0.4) is 0 Å². The van der Waals surface area contributed by atoms with E-state index in [1.165, 1.54) is 59.1 Å². The molecule has 0 aliphatic heterocycles. The highest BCUT2D eigenvalue weighted by Gasteiger charge is 2.04. The van der Waals surface area contributed by atoms with Gasteiger partial charge >= 0.3 is 0 Å². The Labute approximate surface area is 158 Å². The van der Waals surface area contributed by atoms with E-state index in [1.54, 1.807) is 0 Å². The van der Waals surface area contributed by atoms with E-state index in [4.69, 9.17) is 0 Å². The number of hydrogen-bond donors (Lipinski definition) is 0. The van der Waals surface area contributed by atoms with E-state index in [2.05, 4.69) is 86.6 Å². The number of aryl methyl sites for hydroxylation is 2. The molecule has 3 aromatic carbocycles. The van der Waals surface area contributed by atoms with Crippen LogP contribution in [0.1, 0.15) is 59.6 Å². The molecule has 26 heavy (non-hydrogen) atoms. The zero-order chi connectivity index (χ0) is 18.2. The summed E-state index contributed by atoms with van der Waals surface area (Å²) in [6.07, 6.45) is 7.15. The van der Waals surface area contributed by atoms with Crippen LogP contribution in [0.5, 0.6) is 0 Å². The Morgan fingerprint density at radius 1 is 0.615 bits per heavy atom. The fourth-order valence-electron chi connectivity index (χ4n) is 3.59. The summed E-state index contributed by atoms with van der Waals surface area (Å²) >= 11 is 0. The second-order valence-electron chi connectivity index (χ2n) is 7.38. The van der Waals surface area contributed by atoms with Crippen molar-refractivity contribution in [2.24, 2.45) is 0 Å². The SMILES string of the molecule is CCCCCc1ccccc1Cc1ccc(Cc2cccc(C)c2)cc1. The van der Waals surface area contributed by atoms with Gasteiger partial charge in [0.2, 0.25) is 0 Å². The molecular formula is C26H30. The molecule has 0 nitrogen and oxygen atoms in total. The van der Waals surface area contributed by atoms with Crippen LogP contribution < -0.4 is 0 Å². The molecular weight excluding hydrogens is 312 g/mol. The van der Waals surface area contributed by atoms with Crippen LogP contribution in [0, 0.1) is 6.92 Å². The van der Waals surface area contributed by atoms with Crippen LogP contribution in [0.15, 0.2) is 72.8 Å². The first-order valence-corrected chi connectivity index (χ1v) is 9.94. The Morgan fingerprint density at radius 2 is 1.31 bits per heavy atom. The van der Waals surface area contributed by atoms with E-state index in [1.807, 2.05) is 0 Å². The summed E-state index contributed by atoms with van der Waals surface area (Å²) in [5, 5.41) is 0. The van der Waals surface area contributed by atoms with Crippen molar-refractivity contribution in [2.75, 3.05) is 0 Å². The standard InChI is InChI=1S/C26H30/c1-3-4-5-11-25-12-6-7-13-26(25)20-23-16-14-22(15-17-23)19-24-10-8-9-21(2)18-24/h6-10,12-18H,3-5,11,19-20H2,1-2H3. The topological polar surface area (TPSA) is 0 Å². The Morgan fingerprint density at radius 3 is 2.00 bits per heavy atom. The molecule has 0 heteroatoms. The Bertz CT molecular complexity index is 811. The predicted octanol–water partition coefficient (Wildman–Crippen LogP) is 6.91. The summed E-state index contributed by atoms with van der Waals surface area (Å²) in [7, 11) is 0. The van der Waals surface area contributed by atoms with Crippen LogP contribution in [0.2, 0.25) is 0 Å². The van der Waals surface area contributed by atoms with Crippen molar-refractivity contribution in [3.8, 4) is 0 Å². The van der Waals surface area contributed by atoms with Crippen LogP contribution in [0.25, 0.3) is 0 Å². The van der Waals surface area contributed by atoms with Crippen molar-refractivity contribution < 1.29 is 0 Å². The van der Waals surface area contributed by atoms with E-state index < -0.39 is 0 Å². The normalized spacial score (nSPS) is 10.8. The smallest absolute Gasteiger partial charge is 0.00230 e. The number of rotatable bonds is 8. The van der Waals surface area contributed by atoms with Crippen molar-refractivity contribution in [1.29, 1.82) is 0 Å². The molecule has 0 saturated heterocycles. The van der Waals surface area contributed by atoms with Gasteiger partial charge in [-0.25, -0.2) is 0 Å². The van der Waals surface area contributed by atoms with E-state index in [0.717, 1.165) is 12.8 Å². The molecule has 0 aliphatic rings. The second kappa shape index (κ2) is 9.38. The summed E-state index contributed by atoms with van der Waals surface area (Å²) in [5.41, 5.74) is 8.51. The maximum absolute atomic E-state index is 2.30. The van der Waals surface area contributed by atoms with Crippen molar-refractivity contribution in [3.63, 3.8) is 0 Å². The molecule has 134 valence electrons. The number of unbranched alkanes of at least 4 members (excludes halogenated alkanes) is 2. The van der Waals surface area contributed by atoms with Gasteiger partial charge in [-0.3, -0.25) is 0 Å². The lowest BCUT2D eigenvalue weighted by atomic mass is 9.95. The largest absolute Gasteiger partial charge is 0.0654 e. The lowest BCUT2D eigenvalue weighted by Crippen LogP contribution is -1.97. The molecule has 0 heterocycles. The lowest BCUT2D eigenvalue weighted by molar-refractivity contribution is 0.714. The van der Waals surface area contributed by atoms with E-state index in [-0.39, 0.29) is 0 Å². The van der Waals surface area contributed by atoms with Gasteiger partial charge in [-0.15, -0.1) is 0 Å². The van der Waals surface area contributed by atoms with Crippen LogP contribution in [-0.2, 0) is 19.3 Å². The van der Waals surface area contributed by atoms with Gasteiger partial charge < -0.3 is 0 Å². The Kier molecular flexibility index (Phi) is 6.66. The maximum Gasteiger partial charge on any atom is -0.00230 e. The summed E-state index contributed by atoms with van der Waals surface area (Å²) < 4.78 is 0. The highest BCUT2D eigenvalue weighted by molar-refractivity contribution is 5.35. The molecule has 3 rings (SSSR count). The highest BCUT2D eigenvalue weighted by atomic mass is 14.1. The minimum absolute atomic E-state index is 1.01. The number of benzene rings is 3. The summed E-state index contributed by atoms with van der Waals surface area (Å²) in [4.78, 5) is 0. The van der Waals surface area contributed by atoms with Crippen molar-refractivity contribution in [2.45, 2.75) is 52.4 Å². The average Bonchev–Trinajstić information content (AvgIpc) is 2.65. The predicted molar refractivity (Wildman–Crippen MR) is 113 cm³/mol. The van der Waals surface area contributed by atoms with Gasteiger partial charge in [0.05, 0.1) is 0 Å². The lowest BCUT2D eigenvalue weighted by Gasteiger charge is -2.10. The minimum atomic E-state index is 1.01. The van der Waals surface area contributed by atoms with Gasteiger partial charge in [0.15, 0.2) is 0 Å². The van der Waals surface area contributed by atoms with Gasteiger partial charge in [-0.1, -0.05) is 98.1 Å². The zero-order valence-electron chi connectivity index (χ0n) is 16.2. The van der Waals surface area contributed by atoms with Crippen LogP contribution in [0.4, 0.5) is 0 Å². The first kappa shape index (κ1) is 18.5. The third-order valence-corrected chi connectivity index (χ3v) is 5.08. The zero-order valence-corrected chi connectivity index (χ0v) is 16.2. The van der Waals surface area contributed by atoms with Gasteiger partial charge in [-0.05, 0) is 60.4 Å². The van der Waals surface area contributed by atoms with Gasteiger partial charge in [-0.2, -0.15) is 0 Å². The quantitative estimate of drug-likeness (QED) is 0.390. The minimum Gasteiger partial charge on any atom is -0.0654 e. The molecule has 0 N–H and O–H groups in total. The fourth-order valence-corrected chi connectivity index (χ4v) is 3.59. The van der Waals surface area contributed by atoms with Gasteiger partial charge in [0.25, 0.3) is 0 Å². The second-order valence-corrected chi connectivity index (χ2v) is 7.38. The molecule has 0 aliphatic carbocycles. The molecule has 0 spiro atoms. The molecule has 0 saturated carbocycles. The molecule has 0 unspecified atom stereocenters. The Hall–Kier alpha value is -2.34. The molecule has 3 aromatic rings. The highest BCUT2D eigenvalue weighted by Crippen LogP contribution is 2.18. The Balaban J connectivity index is 1.66. The number of hydrogen-bond acceptors (Lipinski definition) is 0. The van der Waals surface area contributed by atoms with Gasteiger partial charge in [0, 0.05) is 0 Å². The molecule has 0 amide bonds. The van der Waals surface area contributed by atoms with Crippen molar-refractivity contribution >= 4 is 0 Å². The maximum atomic E-state index is 2.30. The molecule has 0 aromatic heterocycles. The monoisotopic (exact) mass is 342 g/mol. The molecule has 0 bridgehead atoms. The van der Waals surface area contributed by atoms with Crippen LogP contribution in [-0.4, -0.2) is 0 Å². The molecule has 0 radical (unpaired) electrons. The summed E-state index contributed by atoms with van der Waals surface area (Å²) in [6.45, 7) is 4.43. The first-order chi connectivity index (χ1) is 12.7. The molecule has 0 fully saturated rings. The van der Waals surface area contributed by atoms with Crippen molar-refractivity contribution in [3.05, 3.63) is 106 Å². The van der Waals surface area contributed by atoms with E-state index in [0.29, 0.717) is 0 Å². The summed E-state index contributed by atoms with van der Waals surface area (Å²) in [6, 6.07) is 26.9. The van der Waals surface area contributed by atoms with Gasteiger partial charge in [0.1, 0.15) is 0 Å². The first-order valence-electron chi connectivity index (χ1n) is 9.94. The van der Waals surface area contributed by atoms with E-state index >= 15 is 0 Å². The summed E-state index contributed by atoms with van der Waals surface area (Å²) in [5.74, 6) is 0.